The average molecular weight is 354 g/mol. The maximum absolute atomic E-state index is 12.7. The van der Waals surface area contributed by atoms with Crippen LogP contribution >= 0.6 is 11.8 Å². The number of nitrogens with zero attached hydrogens (tertiary/aromatic N) is 1. The molecule has 1 rings (SSSR count). The Bertz CT molecular complexity index is 537. The molecule has 0 aliphatic heterocycles. The summed E-state index contributed by atoms with van der Waals surface area (Å²) in [5.41, 5.74) is 7.21. The number of ether oxygens (including phenoxy) is 1. The zero-order chi connectivity index (χ0) is 18.1. The molecule has 6 heteroatoms. The molecule has 1 aromatic carbocycles. The monoisotopic (exact) mass is 353 g/mol. The van der Waals surface area contributed by atoms with Crippen molar-refractivity contribution in [2.24, 2.45) is 0 Å². The predicted octanol–water partition coefficient (Wildman–Crippen LogP) is 3.24. The summed E-state index contributed by atoms with van der Waals surface area (Å²) >= 11 is 1.62. The lowest BCUT2D eigenvalue weighted by atomic mass is 10.1. The summed E-state index contributed by atoms with van der Waals surface area (Å²) in [5.74, 6) is 1.30. The second kappa shape index (κ2) is 10.5. The van der Waals surface area contributed by atoms with Crippen molar-refractivity contribution in [1.29, 1.82) is 0 Å². The van der Waals surface area contributed by atoms with Gasteiger partial charge in [0.15, 0.2) is 0 Å². The highest BCUT2D eigenvalue weighted by Crippen LogP contribution is 2.32. The van der Waals surface area contributed by atoms with Crippen molar-refractivity contribution in [2.45, 2.75) is 44.6 Å². The summed E-state index contributed by atoms with van der Waals surface area (Å²) in [7, 11) is 3.65. The van der Waals surface area contributed by atoms with Gasteiger partial charge in [0.25, 0.3) is 5.91 Å². The van der Waals surface area contributed by atoms with E-state index in [1.807, 2.05) is 6.07 Å². The lowest BCUT2D eigenvalue weighted by molar-refractivity contribution is 0.0934. The standard InChI is InChI=1S/C18H31N3O2S/c1-6-9-13(21(4)7-2)12-20-18(22)14-10-17(24-8-3)15(19)11-16(14)23-5/h10-11,13H,6-9,12,19H2,1-5H3,(H,20,22). The lowest BCUT2D eigenvalue weighted by Crippen LogP contribution is -2.42. The molecule has 0 aliphatic rings. The van der Waals surface area contributed by atoms with Crippen LogP contribution in [0.3, 0.4) is 0 Å². The van der Waals surface area contributed by atoms with Crippen LogP contribution in [0.15, 0.2) is 17.0 Å². The number of anilines is 1. The Morgan fingerprint density at radius 2 is 2.08 bits per heavy atom. The van der Waals surface area contributed by atoms with Crippen LogP contribution in [0.4, 0.5) is 5.69 Å². The number of rotatable bonds is 10. The van der Waals surface area contributed by atoms with Crippen LogP contribution in [-0.4, -0.2) is 49.8 Å². The molecule has 1 amide bonds. The number of thioether (sulfide) groups is 1. The Kier molecular flexibility index (Phi) is 9.00. The van der Waals surface area contributed by atoms with Crippen molar-refractivity contribution in [3.05, 3.63) is 17.7 Å². The van der Waals surface area contributed by atoms with Gasteiger partial charge in [-0.1, -0.05) is 27.2 Å². The molecule has 0 aliphatic carbocycles. The highest BCUT2D eigenvalue weighted by atomic mass is 32.2. The van der Waals surface area contributed by atoms with E-state index in [9.17, 15) is 4.79 Å². The number of methoxy groups -OCH3 is 1. The number of carbonyl (C=O) groups excluding carboxylic acids is 1. The van der Waals surface area contributed by atoms with Gasteiger partial charge in [0.2, 0.25) is 0 Å². The van der Waals surface area contributed by atoms with E-state index in [0.29, 0.717) is 29.6 Å². The topological polar surface area (TPSA) is 67.6 Å². The van der Waals surface area contributed by atoms with Gasteiger partial charge >= 0.3 is 0 Å². The maximum Gasteiger partial charge on any atom is 0.255 e. The third-order valence-corrected chi connectivity index (χ3v) is 5.07. The van der Waals surface area contributed by atoms with Gasteiger partial charge in [-0.05, 0) is 31.8 Å². The number of carbonyl (C=O) groups is 1. The second-order valence-electron chi connectivity index (χ2n) is 5.75. The lowest BCUT2D eigenvalue weighted by Gasteiger charge is -2.27. The molecule has 5 nitrogen and oxygen atoms in total. The molecule has 0 heterocycles. The van der Waals surface area contributed by atoms with E-state index in [2.05, 4.69) is 38.0 Å². The van der Waals surface area contributed by atoms with E-state index in [1.54, 1.807) is 24.9 Å². The first-order valence-corrected chi connectivity index (χ1v) is 9.55. The third kappa shape index (κ3) is 5.60. The Hall–Kier alpha value is -1.40. The molecular weight excluding hydrogens is 322 g/mol. The van der Waals surface area contributed by atoms with E-state index >= 15 is 0 Å². The number of nitrogens with two attached hydrogens (primary N) is 1. The number of hydrogen-bond donors (Lipinski definition) is 2. The Morgan fingerprint density at radius 1 is 1.38 bits per heavy atom. The minimum absolute atomic E-state index is 0.115. The Morgan fingerprint density at radius 3 is 2.62 bits per heavy atom. The molecule has 0 spiro atoms. The summed E-state index contributed by atoms with van der Waals surface area (Å²) < 4.78 is 5.34. The molecule has 24 heavy (non-hydrogen) atoms. The molecule has 0 bridgehead atoms. The second-order valence-corrected chi connectivity index (χ2v) is 7.05. The van der Waals surface area contributed by atoms with Crippen molar-refractivity contribution in [3.63, 3.8) is 0 Å². The van der Waals surface area contributed by atoms with Crippen molar-refractivity contribution in [1.82, 2.24) is 10.2 Å². The normalized spacial score (nSPS) is 12.2. The smallest absolute Gasteiger partial charge is 0.255 e. The highest BCUT2D eigenvalue weighted by Gasteiger charge is 2.18. The molecule has 1 unspecified atom stereocenters. The van der Waals surface area contributed by atoms with E-state index < -0.39 is 0 Å². The van der Waals surface area contributed by atoms with Gasteiger partial charge in [-0.2, -0.15) is 0 Å². The maximum atomic E-state index is 12.7. The van der Waals surface area contributed by atoms with Gasteiger partial charge in [0.05, 0.1) is 12.7 Å². The average Bonchev–Trinajstić information content (AvgIpc) is 2.59. The van der Waals surface area contributed by atoms with Crippen LogP contribution in [0.2, 0.25) is 0 Å². The fourth-order valence-corrected chi connectivity index (χ4v) is 3.32. The minimum atomic E-state index is -0.115. The summed E-state index contributed by atoms with van der Waals surface area (Å²) in [6.45, 7) is 7.94. The zero-order valence-electron chi connectivity index (χ0n) is 15.5. The van der Waals surface area contributed by atoms with E-state index in [1.165, 1.54) is 0 Å². The largest absolute Gasteiger partial charge is 0.496 e. The summed E-state index contributed by atoms with van der Waals surface area (Å²) in [4.78, 5) is 15.8. The van der Waals surface area contributed by atoms with Gasteiger partial charge in [0.1, 0.15) is 5.75 Å². The fraction of sp³-hybridized carbons (Fsp3) is 0.611. The summed E-state index contributed by atoms with van der Waals surface area (Å²) in [5, 5.41) is 3.05. The third-order valence-electron chi connectivity index (χ3n) is 4.12. The molecule has 0 saturated heterocycles. The highest BCUT2D eigenvalue weighted by molar-refractivity contribution is 7.99. The number of likely N-dealkylation sites (N-methyl/N-ethyl adjacent to an activating group) is 1. The molecule has 136 valence electrons. The van der Waals surface area contributed by atoms with Gasteiger partial charge in [-0.3, -0.25) is 4.79 Å². The molecule has 1 atom stereocenters. The molecule has 0 radical (unpaired) electrons. The molecule has 3 N–H and O–H groups in total. The minimum Gasteiger partial charge on any atom is -0.496 e. The predicted molar refractivity (Wildman–Crippen MR) is 103 cm³/mol. The van der Waals surface area contributed by atoms with E-state index in [-0.39, 0.29) is 5.91 Å². The molecule has 0 saturated carbocycles. The first-order valence-electron chi connectivity index (χ1n) is 8.57. The van der Waals surface area contributed by atoms with Crippen LogP contribution in [0, 0.1) is 0 Å². The van der Waals surface area contributed by atoms with Crippen molar-refractivity contribution in [3.8, 4) is 5.75 Å². The number of hydrogen-bond acceptors (Lipinski definition) is 5. The van der Waals surface area contributed by atoms with Crippen molar-refractivity contribution >= 4 is 23.4 Å². The molecular formula is C18H31N3O2S. The first kappa shape index (κ1) is 20.6. The van der Waals surface area contributed by atoms with Crippen LogP contribution in [-0.2, 0) is 0 Å². The molecule has 0 aromatic heterocycles. The van der Waals surface area contributed by atoms with Crippen LogP contribution < -0.4 is 15.8 Å². The quantitative estimate of drug-likeness (QED) is 0.499. The summed E-state index contributed by atoms with van der Waals surface area (Å²) in [6.07, 6.45) is 2.15. The van der Waals surface area contributed by atoms with Gasteiger partial charge < -0.3 is 20.7 Å². The van der Waals surface area contributed by atoms with E-state index in [4.69, 9.17) is 10.5 Å². The first-order chi connectivity index (χ1) is 11.5. The molecule has 0 fully saturated rings. The van der Waals surface area contributed by atoms with Crippen LogP contribution in [0.1, 0.15) is 44.0 Å². The Labute approximate surface area is 150 Å². The molecule has 1 aromatic rings. The fourth-order valence-electron chi connectivity index (χ4n) is 2.58. The van der Waals surface area contributed by atoms with E-state index in [0.717, 1.165) is 30.0 Å². The number of nitrogen functional groups attached to an aromatic ring is 1. The number of nitrogens with one attached hydrogen (secondary N) is 1. The van der Waals surface area contributed by atoms with Crippen molar-refractivity contribution in [2.75, 3.05) is 38.7 Å². The zero-order valence-corrected chi connectivity index (χ0v) is 16.3. The van der Waals surface area contributed by atoms with Crippen molar-refractivity contribution < 1.29 is 9.53 Å². The van der Waals surface area contributed by atoms with Crippen LogP contribution in [0.25, 0.3) is 0 Å². The van der Waals surface area contributed by atoms with Gasteiger partial charge in [0, 0.05) is 29.2 Å². The number of benzene rings is 1. The summed E-state index contributed by atoms with van der Waals surface area (Å²) in [6, 6.07) is 3.90. The van der Waals surface area contributed by atoms with Gasteiger partial charge in [-0.15, -0.1) is 11.8 Å². The Balaban J connectivity index is 2.91. The van der Waals surface area contributed by atoms with Gasteiger partial charge in [-0.25, -0.2) is 0 Å². The number of amides is 1. The SMILES string of the molecule is CCCC(CNC(=O)c1cc(SCC)c(N)cc1OC)N(C)CC. The van der Waals surface area contributed by atoms with Crippen LogP contribution in [0.5, 0.6) is 5.75 Å².